The van der Waals surface area contributed by atoms with Gasteiger partial charge in [0.05, 0.1) is 7.11 Å². The van der Waals surface area contributed by atoms with Crippen LogP contribution in [0.5, 0.6) is 5.75 Å². The normalized spacial score (nSPS) is 14.2. The molecule has 3 nitrogen and oxygen atoms in total. The maximum Gasteiger partial charge on any atom is 0.119 e. The van der Waals surface area contributed by atoms with Crippen molar-refractivity contribution in [2.75, 3.05) is 17.7 Å². The van der Waals surface area contributed by atoms with E-state index in [2.05, 4.69) is 72.2 Å². The summed E-state index contributed by atoms with van der Waals surface area (Å²) in [7, 11) is 1.68. The first-order valence-electron chi connectivity index (χ1n) is 8.12. The Morgan fingerprint density at radius 2 is 1.54 bits per heavy atom. The lowest BCUT2D eigenvalue weighted by atomic mass is 10.0. The van der Waals surface area contributed by atoms with Crippen LogP contribution in [0.15, 0.2) is 66.2 Å². The van der Waals surface area contributed by atoms with Crippen LogP contribution in [0, 0.1) is 0 Å². The number of ether oxygens (including phenoxy) is 1. The van der Waals surface area contributed by atoms with Gasteiger partial charge in [-0.2, -0.15) is 0 Å². The van der Waals surface area contributed by atoms with E-state index >= 15 is 0 Å². The Labute approximate surface area is 142 Å². The summed E-state index contributed by atoms with van der Waals surface area (Å²) in [6.45, 7) is 2.14. The van der Waals surface area contributed by atoms with Crippen LogP contribution in [0.3, 0.4) is 0 Å². The molecule has 0 saturated carbocycles. The number of hydrogen-bond donors (Lipinski definition) is 2. The predicted molar refractivity (Wildman–Crippen MR) is 102 cm³/mol. The molecule has 3 heteroatoms. The van der Waals surface area contributed by atoms with Gasteiger partial charge in [0, 0.05) is 16.8 Å². The summed E-state index contributed by atoms with van der Waals surface area (Å²) >= 11 is 0. The first-order chi connectivity index (χ1) is 11.7. The minimum Gasteiger partial charge on any atom is -0.497 e. The lowest BCUT2D eigenvalue weighted by molar-refractivity contribution is 0.415. The third-order valence-electron chi connectivity index (χ3n) is 4.47. The predicted octanol–water partition coefficient (Wildman–Crippen LogP) is 5.12. The van der Waals surface area contributed by atoms with Crippen LogP contribution in [0.1, 0.15) is 12.5 Å². The summed E-state index contributed by atoms with van der Waals surface area (Å²) in [5.74, 6) is 0.874. The average molecular weight is 316 g/mol. The topological polar surface area (TPSA) is 33.3 Å². The second-order valence-corrected chi connectivity index (χ2v) is 6.09. The van der Waals surface area contributed by atoms with E-state index in [0.29, 0.717) is 0 Å². The molecule has 120 valence electrons. The van der Waals surface area contributed by atoms with Gasteiger partial charge < -0.3 is 15.4 Å². The van der Waals surface area contributed by atoms with Crippen LogP contribution in [-0.4, -0.2) is 13.3 Å². The second-order valence-electron chi connectivity index (χ2n) is 6.09. The summed E-state index contributed by atoms with van der Waals surface area (Å²) in [6, 6.07) is 20.9. The van der Waals surface area contributed by atoms with E-state index in [1.807, 2.05) is 12.1 Å². The van der Waals surface area contributed by atoms with Gasteiger partial charge in [-0.3, -0.25) is 0 Å². The van der Waals surface area contributed by atoms with Gasteiger partial charge in [0.15, 0.2) is 0 Å². The minimum absolute atomic E-state index is 0.0765. The second kappa shape index (κ2) is 5.93. The van der Waals surface area contributed by atoms with Crippen molar-refractivity contribution in [2.24, 2.45) is 0 Å². The first-order valence-corrected chi connectivity index (χ1v) is 8.12. The van der Waals surface area contributed by atoms with Crippen molar-refractivity contribution >= 4 is 28.2 Å². The Bertz CT molecular complexity index is 872. The Kier molecular flexibility index (Phi) is 3.62. The van der Waals surface area contributed by atoms with Gasteiger partial charge in [0.25, 0.3) is 0 Å². The monoisotopic (exact) mass is 316 g/mol. The summed E-state index contributed by atoms with van der Waals surface area (Å²) < 4.78 is 5.22. The van der Waals surface area contributed by atoms with E-state index in [4.69, 9.17) is 4.74 Å². The van der Waals surface area contributed by atoms with E-state index in [-0.39, 0.29) is 6.17 Å². The van der Waals surface area contributed by atoms with Crippen molar-refractivity contribution in [3.8, 4) is 5.75 Å². The molecule has 0 saturated heterocycles. The highest BCUT2D eigenvalue weighted by atomic mass is 16.5. The maximum atomic E-state index is 5.22. The zero-order chi connectivity index (χ0) is 16.5. The first kappa shape index (κ1) is 14.6. The molecule has 0 unspecified atom stereocenters. The number of anilines is 2. The lowest BCUT2D eigenvalue weighted by Gasteiger charge is -2.30. The van der Waals surface area contributed by atoms with Gasteiger partial charge >= 0.3 is 0 Å². The molecule has 0 amide bonds. The highest BCUT2D eigenvalue weighted by Gasteiger charge is 2.19. The molecule has 4 rings (SSSR count). The molecule has 2 N–H and O–H groups in total. The van der Waals surface area contributed by atoms with Crippen LogP contribution in [0.25, 0.3) is 16.8 Å². The maximum absolute atomic E-state index is 5.22. The Morgan fingerprint density at radius 3 is 2.12 bits per heavy atom. The summed E-state index contributed by atoms with van der Waals surface area (Å²) in [5, 5.41) is 9.71. The Balaban J connectivity index is 1.64. The molecule has 0 spiro atoms. The molecule has 3 aromatic rings. The number of hydrogen-bond acceptors (Lipinski definition) is 3. The van der Waals surface area contributed by atoms with Crippen LogP contribution < -0.4 is 15.4 Å². The van der Waals surface area contributed by atoms with E-state index in [9.17, 15) is 0 Å². The highest BCUT2D eigenvalue weighted by Crippen LogP contribution is 2.35. The van der Waals surface area contributed by atoms with E-state index in [1.54, 1.807) is 7.11 Å². The van der Waals surface area contributed by atoms with Gasteiger partial charge in [0.1, 0.15) is 11.9 Å². The van der Waals surface area contributed by atoms with Gasteiger partial charge in [0.2, 0.25) is 0 Å². The third-order valence-corrected chi connectivity index (χ3v) is 4.47. The third kappa shape index (κ3) is 2.58. The van der Waals surface area contributed by atoms with Crippen molar-refractivity contribution in [3.05, 3.63) is 71.8 Å². The highest BCUT2D eigenvalue weighted by molar-refractivity contribution is 6.05. The molecule has 24 heavy (non-hydrogen) atoms. The minimum atomic E-state index is 0.0765. The van der Waals surface area contributed by atoms with Crippen molar-refractivity contribution in [2.45, 2.75) is 13.1 Å². The molecule has 1 aliphatic heterocycles. The molecule has 0 fully saturated rings. The lowest BCUT2D eigenvalue weighted by Crippen LogP contribution is -2.32. The summed E-state index contributed by atoms with van der Waals surface area (Å²) in [6.07, 6.45) is 2.27. The van der Waals surface area contributed by atoms with Crippen LogP contribution in [-0.2, 0) is 0 Å². The SMILES string of the molecule is COc1ccc(/C=C(\C)C2Nc3cccc4cccc(c34)N2)cc1. The zero-order valence-electron chi connectivity index (χ0n) is 13.8. The average Bonchev–Trinajstić information content (AvgIpc) is 2.63. The van der Waals surface area contributed by atoms with Crippen LogP contribution in [0.4, 0.5) is 11.4 Å². The molecule has 1 aliphatic rings. The number of rotatable bonds is 3. The van der Waals surface area contributed by atoms with Gasteiger partial charge in [-0.05, 0) is 47.7 Å². The number of methoxy groups -OCH3 is 1. The van der Waals surface area contributed by atoms with Crippen LogP contribution >= 0.6 is 0 Å². The fourth-order valence-corrected chi connectivity index (χ4v) is 3.20. The fraction of sp³-hybridized carbons (Fsp3) is 0.143. The number of nitrogens with one attached hydrogen (secondary N) is 2. The summed E-state index contributed by atoms with van der Waals surface area (Å²) in [5.41, 5.74) is 4.74. The molecule has 0 aromatic heterocycles. The van der Waals surface area contributed by atoms with Gasteiger partial charge in [-0.15, -0.1) is 0 Å². The van der Waals surface area contributed by atoms with Crippen LogP contribution in [0.2, 0.25) is 0 Å². The fourth-order valence-electron chi connectivity index (χ4n) is 3.20. The molecule has 3 aromatic carbocycles. The Hall–Kier alpha value is -2.94. The molecule has 0 radical (unpaired) electrons. The standard InChI is InChI=1S/C21H20N2O/c1-14(13-15-9-11-17(24-2)12-10-15)21-22-18-7-3-5-16-6-4-8-19(23-21)20(16)18/h3-13,21-23H,1-2H3/b14-13+. The van der Waals surface area contributed by atoms with Crippen molar-refractivity contribution in [1.82, 2.24) is 0 Å². The Morgan fingerprint density at radius 1 is 0.917 bits per heavy atom. The summed E-state index contributed by atoms with van der Waals surface area (Å²) in [4.78, 5) is 0. The van der Waals surface area contributed by atoms with Gasteiger partial charge in [-0.25, -0.2) is 0 Å². The van der Waals surface area contributed by atoms with E-state index < -0.39 is 0 Å². The quantitative estimate of drug-likeness (QED) is 0.704. The molecular weight excluding hydrogens is 296 g/mol. The van der Waals surface area contributed by atoms with Crippen molar-refractivity contribution < 1.29 is 4.74 Å². The molecular formula is C21H20N2O. The molecule has 0 aliphatic carbocycles. The molecule has 0 atom stereocenters. The smallest absolute Gasteiger partial charge is 0.119 e. The van der Waals surface area contributed by atoms with E-state index in [1.165, 1.54) is 27.7 Å². The van der Waals surface area contributed by atoms with Gasteiger partial charge in [-0.1, -0.05) is 42.5 Å². The molecule has 0 bridgehead atoms. The zero-order valence-corrected chi connectivity index (χ0v) is 13.8. The van der Waals surface area contributed by atoms with Crippen molar-refractivity contribution in [1.29, 1.82) is 0 Å². The van der Waals surface area contributed by atoms with E-state index in [0.717, 1.165) is 11.3 Å². The van der Waals surface area contributed by atoms with Crippen molar-refractivity contribution in [3.63, 3.8) is 0 Å². The largest absolute Gasteiger partial charge is 0.497 e. The molecule has 1 heterocycles. The number of benzene rings is 3.